The van der Waals surface area contributed by atoms with Crippen LogP contribution in [-0.4, -0.2) is 55.2 Å². The summed E-state index contributed by atoms with van der Waals surface area (Å²) >= 11 is 1.45. The second kappa shape index (κ2) is 8.72. The molecule has 2 fully saturated rings. The number of aryl methyl sites for hydroxylation is 1. The molecule has 0 radical (unpaired) electrons. The van der Waals surface area contributed by atoms with Crippen LogP contribution in [0.5, 0.6) is 11.5 Å². The Morgan fingerprint density at radius 3 is 2.48 bits per heavy atom. The fraction of sp³-hybridized carbons (Fsp3) is 0.391. The monoisotopic (exact) mass is 443 g/mol. The minimum atomic E-state index is -0.721. The highest BCUT2D eigenvalue weighted by molar-refractivity contribution is 7.10. The molecule has 1 amide bonds. The van der Waals surface area contributed by atoms with Gasteiger partial charge in [0.2, 0.25) is 0 Å². The van der Waals surface area contributed by atoms with Crippen molar-refractivity contribution in [1.82, 2.24) is 4.90 Å². The van der Waals surface area contributed by atoms with E-state index in [0.717, 1.165) is 23.3 Å². The van der Waals surface area contributed by atoms with Gasteiger partial charge in [-0.2, -0.15) is 0 Å². The summed E-state index contributed by atoms with van der Waals surface area (Å²) in [7, 11) is 2.95. The number of amides is 1. The minimum absolute atomic E-state index is 0.0383. The Labute approximate surface area is 184 Å². The molecule has 1 N–H and O–H groups in total. The molecule has 1 aromatic heterocycles. The summed E-state index contributed by atoms with van der Waals surface area (Å²) in [4.78, 5) is 28.6. The van der Waals surface area contributed by atoms with E-state index in [2.05, 4.69) is 0 Å². The summed E-state index contributed by atoms with van der Waals surface area (Å²) < 4.78 is 16.6. The number of nitrogens with zero attached hydrogens (tertiary/aromatic N) is 1. The maximum Gasteiger partial charge on any atom is 0.295 e. The summed E-state index contributed by atoms with van der Waals surface area (Å²) in [6.07, 6.45) is 1.64. The number of benzene rings is 1. The molecule has 0 spiro atoms. The molecule has 31 heavy (non-hydrogen) atoms. The van der Waals surface area contributed by atoms with E-state index >= 15 is 0 Å². The summed E-state index contributed by atoms with van der Waals surface area (Å²) in [5, 5.41) is 13.3. The molecule has 7 nitrogen and oxygen atoms in total. The van der Waals surface area contributed by atoms with E-state index in [-0.39, 0.29) is 23.0 Å². The molecule has 8 heteroatoms. The zero-order valence-electron chi connectivity index (χ0n) is 17.7. The average molecular weight is 444 g/mol. The van der Waals surface area contributed by atoms with Gasteiger partial charge in [-0.25, -0.2) is 0 Å². The molecule has 0 saturated carbocycles. The van der Waals surface area contributed by atoms with Crippen molar-refractivity contribution in [2.45, 2.75) is 31.9 Å². The standard InChI is InChI=1S/C23H25NO6S/c1-13-9-11-31-22(13)19-18(20(25)17-15(28-2)7-4-8-16(17)29-3)21(26)23(27)24(19)12-14-6-5-10-30-14/h4,7-9,11,14,19,25H,5-6,10,12H2,1-3H3/b20-18+. The fourth-order valence-electron chi connectivity index (χ4n) is 4.23. The van der Waals surface area contributed by atoms with Crippen LogP contribution in [0.4, 0.5) is 0 Å². The Hall–Kier alpha value is -2.84. The molecule has 2 aromatic rings. The van der Waals surface area contributed by atoms with Crippen LogP contribution >= 0.6 is 11.3 Å². The van der Waals surface area contributed by atoms with Crippen molar-refractivity contribution in [3.63, 3.8) is 0 Å². The number of rotatable bonds is 6. The summed E-state index contributed by atoms with van der Waals surface area (Å²) in [5.74, 6) is -0.960. The maximum atomic E-state index is 13.2. The normalized spacial score (nSPS) is 22.9. The van der Waals surface area contributed by atoms with Gasteiger partial charge < -0.3 is 24.2 Å². The van der Waals surface area contributed by atoms with Crippen molar-refractivity contribution in [2.75, 3.05) is 27.4 Å². The SMILES string of the molecule is COc1cccc(OC)c1/C(O)=C1\C(=O)C(=O)N(CC2CCCO2)C1c1sccc1C. The Balaban J connectivity index is 1.90. The van der Waals surface area contributed by atoms with Crippen LogP contribution in [0.15, 0.2) is 35.2 Å². The maximum absolute atomic E-state index is 13.2. The van der Waals surface area contributed by atoms with Crippen molar-refractivity contribution in [3.05, 3.63) is 51.2 Å². The lowest BCUT2D eigenvalue weighted by molar-refractivity contribution is -0.140. The van der Waals surface area contributed by atoms with Crippen LogP contribution in [0.2, 0.25) is 0 Å². The number of likely N-dealkylation sites (tertiary alicyclic amines) is 1. The van der Waals surface area contributed by atoms with Crippen molar-refractivity contribution in [3.8, 4) is 11.5 Å². The van der Waals surface area contributed by atoms with Crippen LogP contribution in [0.1, 0.15) is 34.9 Å². The first-order chi connectivity index (χ1) is 15.0. The number of ether oxygens (including phenoxy) is 3. The number of hydrogen-bond acceptors (Lipinski definition) is 7. The first-order valence-corrected chi connectivity index (χ1v) is 11.0. The molecule has 4 rings (SSSR count). The quantitative estimate of drug-likeness (QED) is 0.417. The van der Waals surface area contributed by atoms with Gasteiger partial charge in [0.15, 0.2) is 0 Å². The van der Waals surface area contributed by atoms with Crippen LogP contribution in [-0.2, 0) is 14.3 Å². The molecule has 164 valence electrons. The predicted octanol–water partition coefficient (Wildman–Crippen LogP) is 3.67. The van der Waals surface area contributed by atoms with E-state index < -0.39 is 17.7 Å². The average Bonchev–Trinajstić information content (AvgIpc) is 3.50. The molecule has 2 saturated heterocycles. The topological polar surface area (TPSA) is 85.3 Å². The van der Waals surface area contributed by atoms with E-state index in [9.17, 15) is 14.7 Å². The van der Waals surface area contributed by atoms with Crippen LogP contribution < -0.4 is 9.47 Å². The van der Waals surface area contributed by atoms with Gasteiger partial charge in [0.05, 0.1) is 31.9 Å². The summed E-state index contributed by atoms with van der Waals surface area (Å²) in [6, 6.07) is 6.32. The van der Waals surface area contributed by atoms with Crippen molar-refractivity contribution < 1.29 is 28.9 Å². The highest BCUT2D eigenvalue weighted by Crippen LogP contribution is 2.45. The number of carbonyl (C=O) groups is 2. The van der Waals surface area contributed by atoms with Crippen molar-refractivity contribution in [2.24, 2.45) is 0 Å². The summed E-state index contributed by atoms with van der Waals surface area (Å²) in [6.45, 7) is 2.88. The first-order valence-electron chi connectivity index (χ1n) is 10.1. The van der Waals surface area contributed by atoms with E-state index in [4.69, 9.17) is 14.2 Å². The predicted molar refractivity (Wildman–Crippen MR) is 117 cm³/mol. The van der Waals surface area contributed by atoms with Gasteiger partial charge in [0.25, 0.3) is 11.7 Å². The molecule has 2 atom stereocenters. The van der Waals surface area contributed by atoms with E-state index in [1.165, 1.54) is 30.5 Å². The number of Topliss-reactive ketones (excluding diaryl/α,β-unsaturated/α-hetero) is 1. The lowest BCUT2D eigenvalue weighted by Gasteiger charge is -2.27. The van der Waals surface area contributed by atoms with E-state index in [0.29, 0.717) is 24.7 Å². The first kappa shape index (κ1) is 21.4. The van der Waals surface area contributed by atoms with Gasteiger partial charge in [-0.15, -0.1) is 11.3 Å². The van der Waals surface area contributed by atoms with Gasteiger partial charge in [-0.3, -0.25) is 9.59 Å². The number of methoxy groups -OCH3 is 2. The summed E-state index contributed by atoms with van der Waals surface area (Å²) in [5.41, 5.74) is 1.24. The van der Waals surface area contributed by atoms with Crippen molar-refractivity contribution >= 4 is 28.8 Å². The van der Waals surface area contributed by atoms with Gasteiger partial charge >= 0.3 is 0 Å². The lowest BCUT2D eigenvalue weighted by atomic mass is 9.97. The number of carbonyl (C=O) groups excluding carboxylic acids is 2. The zero-order chi connectivity index (χ0) is 22.1. The van der Waals surface area contributed by atoms with Gasteiger partial charge in [-0.1, -0.05) is 6.07 Å². The minimum Gasteiger partial charge on any atom is -0.506 e. The van der Waals surface area contributed by atoms with Gasteiger partial charge in [-0.05, 0) is 48.9 Å². The number of aliphatic hydroxyl groups excluding tert-OH is 1. The number of hydrogen-bond donors (Lipinski definition) is 1. The molecular weight excluding hydrogens is 418 g/mol. The third kappa shape index (κ3) is 3.70. The fourth-order valence-corrected chi connectivity index (χ4v) is 5.28. The van der Waals surface area contributed by atoms with E-state index in [1.54, 1.807) is 18.2 Å². The molecule has 2 aliphatic heterocycles. The Bertz CT molecular complexity index is 1010. The molecule has 0 bridgehead atoms. The van der Waals surface area contributed by atoms with Gasteiger partial charge in [0, 0.05) is 18.0 Å². The van der Waals surface area contributed by atoms with Crippen LogP contribution in [0, 0.1) is 6.92 Å². The second-order valence-corrected chi connectivity index (χ2v) is 8.54. The van der Waals surface area contributed by atoms with Crippen LogP contribution in [0.25, 0.3) is 5.76 Å². The second-order valence-electron chi connectivity index (χ2n) is 7.59. The number of thiophene rings is 1. The smallest absolute Gasteiger partial charge is 0.295 e. The largest absolute Gasteiger partial charge is 0.506 e. The molecule has 1 aromatic carbocycles. The van der Waals surface area contributed by atoms with Gasteiger partial charge in [0.1, 0.15) is 22.8 Å². The van der Waals surface area contributed by atoms with Crippen molar-refractivity contribution in [1.29, 1.82) is 0 Å². The number of aliphatic hydroxyl groups is 1. The highest BCUT2D eigenvalue weighted by Gasteiger charge is 2.48. The van der Waals surface area contributed by atoms with E-state index in [1.807, 2.05) is 18.4 Å². The third-order valence-electron chi connectivity index (χ3n) is 5.78. The lowest BCUT2D eigenvalue weighted by Crippen LogP contribution is -2.36. The van der Waals surface area contributed by atoms with Crippen LogP contribution in [0.3, 0.4) is 0 Å². The Morgan fingerprint density at radius 2 is 1.94 bits per heavy atom. The Kier molecular flexibility index (Phi) is 6.02. The Morgan fingerprint density at radius 1 is 1.23 bits per heavy atom. The molecule has 2 aliphatic rings. The molecular formula is C23H25NO6S. The number of ketones is 1. The molecule has 2 unspecified atom stereocenters. The highest BCUT2D eigenvalue weighted by atomic mass is 32.1. The molecule has 3 heterocycles. The third-order valence-corrected chi connectivity index (χ3v) is 6.85. The molecule has 0 aliphatic carbocycles. The zero-order valence-corrected chi connectivity index (χ0v) is 18.5.